The SMILES string of the molecule is CCCCOC(=O)C(C)(F)F. The number of halogens is 2. The van der Waals surface area contributed by atoms with Crippen LogP contribution >= 0.6 is 0 Å². The number of carbonyl (C=O) groups is 1. The molecule has 0 N–H and O–H groups in total. The summed E-state index contributed by atoms with van der Waals surface area (Å²) in [6.07, 6.45) is 1.45. The molecule has 0 heterocycles. The molecule has 2 nitrogen and oxygen atoms in total. The number of esters is 1. The predicted molar refractivity (Wildman–Crippen MR) is 36.5 cm³/mol. The zero-order valence-corrected chi connectivity index (χ0v) is 6.69. The third-order valence-electron chi connectivity index (χ3n) is 1.09. The second-order valence-electron chi connectivity index (χ2n) is 2.38. The molecular formula is C7H12F2O2. The van der Waals surface area contributed by atoms with E-state index < -0.39 is 11.9 Å². The second-order valence-corrected chi connectivity index (χ2v) is 2.38. The van der Waals surface area contributed by atoms with Crippen molar-refractivity contribution in [3.05, 3.63) is 0 Å². The molecule has 66 valence electrons. The van der Waals surface area contributed by atoms with Crippen molar-refractivity contribution in [2.75, 3.05) is 6.61 Å². The van der Waals surface area contributed by atoms with E-state index in [0.717, 1.165) is 6.42 Å². The largest absolute Gasteiger partial charge is 0.461 e. The minimum absolute atomic E-state index is 0.0821. The summed E-state index contributed by atoms with van der Waals surface area (Å²) in [5.41, 5.74) is 0. The summed E-state index contributed by atoms with van der Waals surface area (Å²) < 4.78 is 28.4. The molecule has 0 saturated carbocycles. The second kappa shape index (κ2) is 4.26. The van der Waals surface area contributed by atoms with Crippen LogP contribution in [0.5, 0.6) is 0 Å². The molecule has 0 aliphatic carbocycles. The predicted octanol–water partition coefficient (Wildman–Crippen LogP) is 1.98. The van der Waals surface area contributed by atoms with Crippen molar-refractivity contribution < 1.29 is 18.3 Å². The van der Waals surface area contributed by atoms with Crippen LogP contribution in [0, 0.1) is 0 Å². The molecule has 0 spiro atoms. The van der Waals surface area contributed by atoms with Crippen molar-refractivity contribution in [2.24, 2.45) is 0 Å². The summed E-state index contributed by atoms with van der Waals surface area (Å²) in [5, 5.41) is 0. The third-order valence-corrected chi connectivity index (χ3v) is 1.09. The number of carbonyl (C=O) groups excluding carboxylic acids is 1. The van der Waals surface area contributed by atoms with Crippen LogP contribution in [0.3, 0.4) is 0 Å². The summed E-state index contributed by atoms with van der Waals surface area (Å²) in [4.78, 5) is 10.4. The van der Waals surface area contributed by atoms with Crippen molar-refractivity contribution in [1.82, 2.24) is 0 Å². The molecule has 0 rings (SSSR count). The summed E-state index contributed by atoms with van der Waals surface area (Å²) in [7, 11) is 0. The molecule has 4 heteroatoms. The number of hydrogen-bond acceptors (Lipinski definition) is 2. The first-order chi connectivity index (χ1) is 4.98. The maximum atomic E-state index is 12.1. The van der Waals surface area contributed by atoms with Gasteiger partial charge in [-0.05, 0) is 6.42 Å². The van der Waals surface area contributed by atoms with E-state index in [4.69, 9.17) is 0 Å². The van der Waals surface area contributed by atoms with Crippen LogP contribution in [0.1, 0.15) is 26.7 Å². The van der Waals surface area contributed by atoms with Gasteiger partial charge in [0.15, 0.2) is 0 Å². The minimum atomic E-state index is -3.35. The minimum Gasteiger partial charge on any atom is -0.461 e. The smallest absolute Gasteiger partial charge is 0.376 e. The fraction of sp³-hybridized carbons (Fsp3) is 0.857. The molecule has 0 saturated heterocycles. The molecule has 0 aromatic carbocycles. The van der Waals surface area contributed by atoms with Gasteiger partial charge in [-0.1, -0.05) is 13.3 Å². The van der Waals surface area contributed by atoms with Crippen molar-refractivity contribution >= 4 is 5.97 Å². The van der Waals surface area contributed by atoms with Gasteiger partial charge < -0.3 is 4.74 Å². The summed E-state index contributed by atoms with van der Waals surface area (Å²) in [6, 6.07) is 0. The highest BCUT2D eigenvalue weighted by molar-refractivity contribution is 5.76. The first-order valence-electron chi connectivity index (χ1n) is 3.53. The normalized spacial score (nSPS) is 11.3. The van der Waals surface area contributed by atoms with Gasteiger partial charge >= 0.3 is 11.9 Å². The maximum Gasteiger partial charge on any atom is 0.376 e. The van der Waals surface area contributed by atoms with Crippen LogP contribution in [0.4, 0.5) is 8.78 Å². The highest BCUT2D eigenvalue weighted by Gasteiger charge is 2.33. The van der Waals surface area contributed by atoms with Gasteiger partial charge in [-0.3, -0.25) is 0 Å². The van der Waals surface area contributed by atoms with E-state index in [1.165, 1.54) is 0 Å². The van der Waals surface area contributed by atoms with Gasteiger partial charge in [-0.15, -0.1) is 0 Å². The van der Waals surface area contributed by atoms with E-state index in [1.54, 1.807) is 0 Å². The number of alkyl halides is 2. The van der Waals surface area contributed by atoms with Gasteiger partial charge in [0.2, 0.25) is 0 Å². The van der Waals surface area contributed by atoms with Gasteiger partial charge in [-0.25, -0.2) is 4.79 Å². The summed E-state index contributed by atoms with van der Waals surface area (Å²) >= 11 is 0. The first kappa shape index (κ1) is 10.3. The zero-order valence-electron chi connectivity index (χ0n) is 6.69. The molecule has 0 aromatic heterocycles. The van der Waals surface area contributed by atoms with Crippen molar-refractivity contribution in [3.63, 3.8) is 0 Å². The van der Waals surface area contributed by atoms with E-state index in [9.17, 15) is 13.6 Å². The monoisotopic (exact) mass is 166 g/mol. The number of ether oxygens (including phenoxy) is 1. The average Bonchev–Trinajstić information content (AvgIpc) is 1.86. The lowest BCUT2D eigenvalue weighted by Crippen LogP contribution is -2.27. The fourth-order valence-corrected chi connectivity index (χ4v) is 0.436. The molecule has 0 atom stereocenters. The Labute approximate surface area is 64.5 Å². The summed E-state index contributed by atoms with van der Waals surface area (Å²) in [6.45, 7) is 2.50. The third kappa shape index (κ3) is 4.70. The molecule has 0 aliphatic rings. The first-order valence-corrected chi connectivity index (χ1v) is 3.53. The molecule has 0 bridgehead atoms. The Hall–Kier alpha value is -0.670. The Kier molecular flexibility index (Phi) is 4.00. The van der Waals surface area contributed by atoms with Crippen LogP contribution in [0.2, 0.25) is 0 Å². The average molecular weight is 166 g/mol. The van der Waals surface area contributed by atoms with E-state index in [0.29, 0.717) is 13.3 Å². The topological polar surface area (TPSA) is 26.3 Å². The van der Waals surface area contributed by atoms with E-state index >= 15 is 0 Å². The zero-order chi connectivity index (χ0) is 8.91. The van der Waals surface area contributed by atoms with Crippen molar-refractivity contribution in [2.45, 2.75) is 32.6 Å². The molecule has 0 amide bonds. The van der Waals surface area contributed by atoms with Crippen LogP contribution in [-0.4, -0.2) is 18.5 Å². The number of hydrogen-bond donors (Lipinski definition) is 0. The molecule has 0 radical (unpaired) electrons. The molecule has 0 fully saturated rings. The standard InChI is InChI=1S/C7H12F2O2/c1-3-4-5-11-6(10)7(2,8)9/h3-5H2,1-2H3. The fourth-order valence-electron chi connectivity index (χ4n) is 0.436. The van der Waals surface area contributed by atoms with Crippen LogP contribution in [0.25, 0.3) is 0 Å². The molecule has 0 unspecified atom stereocenters. The lowest BCUT2D eigenvalue weighted by Gasteiger charge is -2.08. The van der Waals surface area contributed by atoms with Crippen molar-refractivity contribution in [3.8, 4) is 0 Å². The maximum absolute atomic E-state index is 12.1. The summed E-state index contributed by atoms with van der Waals surface area (Å²) in [5.74, 6) is -4.79. The Morgan fingerprint density at radius 1 is 1.55 bits per heavy atom. The van der Waals surface area contributed by atoms with Gasteiger partial charge in [0.05, 0.1) is 6.61 Å². The molecule has 0 aromatic rings. The molecular weight excluding hydrogens is 154 g/mol. The highest BCUT2D eigenvalue weighted by Crippen LogP contribution is 2.13. The van der Waals surface area contributed by atoms with Gasteiger partial charge in [0, 0.05) is 6.92 Å². The Balaban J connectivity index is 3.54. The quantitative estimate of drug-likeness (QED) is 0.471. The Bertz CT molecular complexity index is 129. The van der Waals surface area contributed by atoms with Crippen LogP contribution in [0.15, 0.2) is 0 Å². The van der Waals surface area contributed by atoms with Gasteiger partial charge in [-0.2, -0.15) is 8.78 Å². The van der Waals surface area contributed by atoms with E-state index in [-0.39, 0.29) is 6.61 Å². The Morgan fingerprint density at radius 2 is 2.09 bits per heavy atom. The number of unbranched alkanes of at least 4 members (excludes halogenated alkanes) is 1. The van der Waals surface area contributed by atoms with Crippen LogP contribution < -0.4 is 0 Å². The molecule has 0 aliphatic heterocycles. The van der Waals surface area contributed by atoms with E-state index in [2.05, 4.69) is 4.74 Å². The lowest BCUT2D eigenvalue weighted by molar-refractivity contribution is -0.169. The van der Waals surface area contributed by atoms with E-state index in [1.807, 2.05) is 6.92 Å². The Morgan fingerprint density at radius 3 is 2.45 bits per heavy atom. The van der Waals surface area contributed by atoms with Crippen molar-refractivity contribution in [1.29, 1.82) is 0 Å². The highest BCUT2D eigenvalue weighted by atomic mass is 19.3. The lowest BCUT2D eigenvalue weighted by atomic mass is 10.3. The number of rotatable bonds is 4. The van der Waals surface area contributed by atoms with Gasteiger partial charge in [0.1, 0.15) is 0 Å². The molecule has 11 heavy (non-hydrogen) atoms. The van der Waals surface area contributed by atoms with Gasteiger partial charge in [0.25, 0.3) is 0 Å². The van der Waals surface area contributed by atoms with Crippen LogP contribution in [-0.2, 0) is 9.53 Å².